The summed E-state index contributed by atoms with van der Waals surface area (Å²) in [5, 5.41) is 3.66. The van der Waals surface area contributed by atoms with Crippen LogP contribution in [-0.2, 0) is 4.79 Å². The average molecular weight is 349 g/mol. The number of carbonyl (C=O) groups is 1. The van der Waals surface area contributed by atoms with Gasteiger partial charge in [-0.1, -0.05) is 34.8 Å². The Bertz CT molecular complexity index is 629. The minimum atomic E-state index is -0.305. The Kier molecular flexibility index (Phi) is 5.39. The molecule has 0 saturated heterocycles. The summed E-state index contributed by atoms with van der Waals surface area (Å²) in [5.74, 6) is 0.656. The lowest BCUT2D eigenvalue weighted by Gasteiger charge is -2.13. The van der Waals surface area contributed by atoms with Crippen LogP contribution < -0.4 is 10.1 Å². The number of halogens is 3. The van der Waals surface area contributed by atoms with E-state index in [1.165, 1.54) is 12.1 Å². The summed E-state index contributed by atoms with van der Waals surface area (Å²) in [7, 11) is 0. The van der Waals surface area contributed by atoms with Gasteiger partial charge in [0.05, 0.1) is 27.4 Å². The van der Waals surface area contributed by atoms with Crippen molar-refractivity contribution in [1.82, 2.24) is 5.32 Å². The second kappa shape index (κ2) is 7.07. The van der Waals surface area contributed by atoms with Crippen molar-refractivity contribution in [3.8, 4) is 5.75 Å². The van der Waals surface area contributed by atoms with E-state index >= 15 is 0 Å². The monoisotopic (exact) mass is 347 g/mol. The topological polar surface area (TPSA) is 51.5 Å². The van der Waals surface area contributed by atoms with Crippen LogP contribution in [0.2, 0.25) is 15.1 Å². The first-order valence-electron chi connectivity index (χ1n) is 6.07. The molecule has 2 rings (SSSR count). The van der Waals surface area contributed by atoms with Gasteiger partial charge in [-0.05, 0) is 25.1 Å². The Morgan fingerprint density at radius 2 is 2.00 bits per heavy atom. The van der Waals surface area contributed by atoms with E-state index in [0.29, 0.717) is 21.6 Å². The smallest absolute Gasteiger partial charge is 0.258 e. The fourth-order valence-corrected chi connectivity index (χ4v) is 2.24. The lowest BCUT2D eigenvalue weighted by molar-refractivity contribution is -0.123. The fourth-order valence-electron chi connectivity index (χ4n) is 1.65. The van der Waals surface area contributed by atoms with Gasteiger partial charge in [0.15, 0.2) is 6.61 Å². The van der Waals surface area contributed by atoms with Gasteiger partial charge in [0.25, 0.3) is 5.91 Å². The third-order valence-electron chi connectivity index (χ3n) is 2.68. The predicted molar refractivity (Wildman–Crippen MR) is 82.2 cm³/mol. The van der Waals surface area contributed by atoms with E-state index in [1.807, 2.05) is 6.92 Å². The van der Waals surface area contributed by atoms with E-state index in [1.54, 1.807) is 18.4 Å². The second-order valence-corrected chi connectivity index (χ2v) is 5.51. The quantitative estimate of drug-likeness (QED) is 0.810. The van der Waals surface area contributed by atoms with Crippen LogP contribution in [0, 0.1) is 0 Å². The zero-order chi connectivity index (χ0) is 15.4. The molecule has 7 heteroatoms. The van der Waals surface area contributed by atoms with Gasteiger partial charge in [-0.15, -0.1) is 0 Å². The summed E-state index contributed by atoms with van der Waals surface area (Å²) in [5.41, 5.74) is 0. The lowest BCUT2D eigenvalue weighted by Crippen LogP contribution is -2.31. The molecular weight excluding hydrogens is 337 g/mol. The van der Waals surface area contributed by atoms with E-state index in [4.69, 9.17) is 44.0 Å². The maximum atomic E-state index is 11.8. The molecule has 1 amide bonds. The fraction of sp³-hybridized carbons (Fsp3) is 0.214. The van der Waals surface area contributed by atoms with Crippen molar-refractivity contribution in [2.24, 2.45) is 0 Å². The number of benzene rings is 1. The van der Waals surface area contributed by atoms with E-state index in [0.717, 1.165) is 0 Å². The molecule has 4 nitrogen and oxygen atoms in total. The molecule has 0 saturated carbocycles. The van der Waals surface area contributed by atoms with Crippen LogP contribution in [0.15, 0.2) is 34.9 Å². The molecule has 1 atom stereocenters. The summed E-state index contributed by atoms with van der Waals surface area (Å²) in [6.45, 7) is 1.62. The average Bonchev–Trinajstić information content (AvgIpc) is 2.95. The van der Waals surface area contributed by atoms with E-state index < -0.39 is 0 Å². The molecule has 0 bridgehead atoms. The number of hydrogen-bond donors (Lipinski definition) is 1. The summed E-state index contributed by atoms with van der Waals surface area (Å²) < 4.78 is 10.5. The molecule has 0 aliphatic heterocycles. The van der Waals surface area contributed by atoms with Gasteiger partial charge in [0, 0.05) is 6.07 Å². The third-order valence-corrected chi connectivity index (χ3v) is 3.70. The van der Waals surface area contributed by atoms with Crippen LogP contribution in [0.5, 0.6) is 5.75 Å². The largest absolute Gasteiger partial charge is 0.482 e. The number of carbonyl (C=O) groups excluding carboxylic acids is 1. The number of furan rings is 1. The van der Waals surface area contributed by atoms with Crippen LogP contribution in [0.3, 0.4) is 0 Å². The van der Waals surface area contributed by atoms with Gasteiger partial charge >= 0.3 is 0 Å². The van der Waals surface area contributed by atoms with Gasteiger partial charge in [-0.3, -0.25) is 4.79 Å². The van der Waals surface area contributed by atoms with Gasteiger partial charge in [0.1, 0.15) is 11.5 Å². The molecule has 112 valence electrons. The van der Waals surface area contributed by atoms with Gasteiger partial charge in [-0.2, -0.15) is 0 Å². The number of amides is 1. The number of hydrogen-bond acceptors (Lipinski definition) is 3. The maximum absolute atomic E-state index is 11.8. The molecule has 1 N–H and O–H groups in total. The Morgan fingerprint density at radius 3 is 2.67 bits per heavy atom. The summed E-state index contributed by atoms with van der Waals surface area (Å²) in [6.07, 6.45) is 1.55. The number of nitrogens with one attached hydrogen (secondary N) is 1. The Morgan fingerprint density at radius 1 is 1.29 bits per heavy atom. The lowest BCUT2D eigenvalue weighted by atomic mass is 10.2. The standard InChI is InChI=1S/C14H12Cl3NO3/c1-8(12-3-2-4-20-12)18-14(19)7-21-13-6-10(16)9(15)5-11(13)17/h2-6,8H,7H2,1H3,(H,18,19)/t8-/m0/s1. The molecular formula is C14H12Cl3NO3. The Hall–Kier alpha value is -1.36. The van der Waals surface area contributed by atoms with Gasteiger partial charge in [-0.25, -0.2) is 0 Å². The van der Waals surface area contributed by atoms with Crippen LogP contribution in [0.25, 0.3) is 0 Å². The first-order chi connectivity index (χ1) is 9.97. The predicted octanol–water partition coefficient (Wildman–Crippen LogP) is 4.50. The van der Waals surface area contributed by atoms with Crippen LogP contribution in [0.1, 0.15) is 18.7 Å². The maximum Gasteiger partial charge on any atom is 0.258 e. The SMILES string of the molecule is C[C@H](NC(=O)COc1cc(Cl)c(Cl)cc1Cl)c1ccco1. The van der Waals surface area contributed by atoms with Crippen molar-refractivity contribution >= 4 is 40.7 Å². The minimum Gasteiger partial charge on any atom is -0.482 e. The number of ether oxygens (including phenoxy) is 1. The highest BCUT2D eigenvalue weighted by Crippen LogP contribution is 2.33. The molecule has 1 heterocycles. The Labute approximate surface area is 136 Å². The third kappa shape index (κ3) is 4.30. The van der Waals surface area contributed by atoms with Crippen LogP contribution in [-0.4, -0.2) is 12.5 Å². The highest BCUT2D eigenvalue weighted by Gasteiger charge is 2.13. The zero-order valence-electron chi connectivity index (χ0n) is 11.0. The van der Waals surface area contributed by atoms with Crippen molar-refractivity contribution in [1.29, 1.82) is 0 Å². The minimum absolute atomic E-state index is 0.192. The van der Waals surface area contributed by atoms with Crippen molar-refractivity contribution in [2.45, 2.75) is 13.0 Å². The molecule has 1 aromatic heterocycles. The summed E-state index contributed by atoms with van der Waals surface area (Å²) >= 11 is 17.6. The van der Waals surface area contributed by atoms with Gasteiger partial charge in [0.2, 0.25) is 0 Å². The van der Waals surface area contributed by atoms with Crippen LogP contribution in [0.4, 0.5) is 0 Å². The van der Waals surface area contributed by atoms with Crippen molar-refractivity contribution in [2.75, 3.05) is 6.61 Å². The van der Waals surface area contributed by atoms with E-state index in [9.17, 15) is 4.79 Å². The van der Waals surface area contributed by atoms with Gasteiger partial charge < -0.3 is 14.5 Å². The molecule has 0 aliphatic carbocycles. The molecule has 21 heavy (non-hydrogen) atoms. The van der Waals surface area contributed by atoms with Crippen LogP contribution >= 0.6 is 34.8 Å². The molecule has 1 aromatic carbocycles. The molecule has 0 aliphatic rings. The first-order valence-corrected chi connectivity index (χ1v) is 7.21. The molecule has 0 fully saturated rings. The second-order valence-electron chi connectivity index (χ2n) is 4.29. The zero-order valence-corrected chi connectivity index (χ0v) is 13.3. The molecule has 0 spiro atoms. The normalized spacial score (nSPS) is 12.0. The molecule has 2 aromatic rings. The highest BCUT2D eigenvalue weighted by atomic mass is 35.5. The van der Waals surface area contributed by atoms with Crippen molar-refractivity contribution in [3.63, 3.8) is 0 Å². The summed E-state index contributed by atoms with van der Waals surface area (Å²) in [4.78, 5) is 11.8. The van der Waals surface area contributed by atoms with E-state index in [2.05, 4.69) is 5.32 Å². The first kappa shape index (κ1) is 16.0. The summed E-state index contributed by atoms with van der Waals surface area (Å²) in [6, 6.07) is 6.21. The molecule has 0 unspecified atom stereocenters. The Balaban J connectivity index is 1.91. The highest BCUT2D eigenvalue weighted by molar-refractivity contribution is 6.43. The van der Waals surface area contributed by atoms with E-state index in [-0.39, 0.29) is 23.6 Å². The molecule has 0 radical (unpaired) electrons. The van der Waals surface area contributed by atoms with Crippen molar-refractivity contribution in [3.05, 3.63) is 51.4 Å². The number of rotatable bonds is 5. The van der Waals surface area contributed by atoms with Crippen molar-refractivity contribution < 1.29 is 13.9 Å².